The van der Waals surface area contributed by atoms with Crippen molar-refractivity contribution in [1.82, 2.24) is 15.5 Å². The van der Waals surface area contributed by atoms with Crippen LogP contribution < -0.4 is 10.6 Å². The van der Waals surface area contributed by atoms with E-state index in [4.69, 9.17) is 0 Å². The minimum atomic E-state index is -0.624. The third kappa shape index (κ3) is 5.81. The molecule has 0 aromatic heterocycles. The molecule has 0 bridgehead atoms. The zero-order valence-corrected chi connectivity index (χ0v) is 16.8. The van der Waals surface area contributed by atoms with Gasteiger partial charge in [0.05, 0.1) is 0 Å². The number of amides is 2. The van der Waals surface area contributed by atoms with Gasteiger partial charge in [0, 0.05) is 18.2 Å². The second-order valence-corrected chi connectivity index (χ2v) is 7.51. The fourth-order valence-corrected chi connectivity index (χ4v) is 3.68. The van der Waals surface area contributed by atoms with E-state index >= 15 is 0 Å². The second-order valence-electron chi connectivity index (χ2n) is 7.51. The third-order valence-corrected chi connectivity index (χ3v) is 5.45. The van der Waals surface area contributed by atoms with Crippen molar-refractivity contribution in [2.75, 3.05) is 19.6 Å². The Morgan fingerprint density at radius 3 is 2.34 bits per heavy atom. The number of hydrogen-bond acceptors (Lipinski definition) is 4. The van der Waals surface area contributed by atoms with E-state index in [0.717, 1.165) is 31.5 Å². The molecule has 0 radical (unpaired) electrons. The molecule has 154 valence electrons. The Balaban J connectivity index is 1.63. The van der Waals surface area contributed by atoms with Gasteiger partial charge in [-0.2, -0.15) is 0 Å². The maximum Gasteiger partial charge on any atom is 0.251 e. The summed E-state index contributed by atoms with van der Waals surface area (Å²) in [7, 11) is 0. The van der Waals surface area contributed by atoms with Crippen molar-refractivity contribution in [3.63, 3.8) is 0 Å². The minimum absolute atomic E-state index is 0.0844. The number of nitrogens with zero attached hydrogens (tertiary/aromatic N) is 1. The first-order valence-electron chi connectivity index (χ1n) is 10.2. The van der Waals surface area contributed by atoms with Crippen LogP contribution in [0.2, 0.25) is 0 Å². The van der Waals surface area contributed by atoms with Crippen molar-refractivity contribution in [3.8, 4) is 5.75 Å². The van der Waals surface area contributed by atoms with Crippen LogP contribution in [-0.2, 0) is 11.2 Å². The summed E-state index contributed by atoms with van der Waals surface area (Å²) in [5, 5.41) is 15.3. The number of phenolic OH excluding ortho intramolecular Hbond substituents is 1. The maximum absolute atomic E-state index is 13.0. The number of phenols is 1. The first kappa shape index (κ1) is 20.9. The molecular weight excluding hydrogens is 366 g/mol. The lowest BCUT2D eigenvalue weighted by Crippen LogP contribution is -2.57. The van der Waals surface area contributed by atoms with Crippen LogP contribution in [0, 0.1) is 0 Å². The summed E-state index contributed by atoms with van der Waals surface area (Å²) >= 11 is 0. The molecule has 1 aliphatic rings. The number of carbonyl (C=O) groups excluding carboxylic acids is 2. The van der Waals surface area contributed by atoms with Crippen molar-refractivity contribution in [2.45, 2.75) is 38.3 Å². The number of rotatable bonds is 8. The van der Waals surface area contributed by atoms with E-state index in [-0.39, 0.29) is 23.6 Å². The minimum Gasteiger partial charge on any atom is -0.508 e. The molecule has 0 saturated carbocycles. The summed E-state index contributed by atoms with van der Waals surface area (Å²) < 4.78 is 0. The van der Waals surface area contributed by atoms with Gasteiger partial charge in [-0.1, -0.05) is 30.3 Å². The van der Waals surface area contributed by atoms with E-state index in [1.165, 1.54) is 0 Å². The topological polar surface area (TPSA) is 81.7 Å². The van der Waals surface area contributed by atoms with Crippen LogP contribution >= 0.6 is 0 Å². The van der Waals surface area contributed by atoms with Gasteiger partial charge in [-0.15, -0.1) is 0 Å². The van der Waals surface area contributed by atoms with E-state index in [2.05, 4.69) is 15.5 Å². The number of hydrogen-bond donors (Lipinski definition) is 3. The molecule has 3 N–H and O–H groups in total. The summed E-state index contributed by atoms with van der Waals surface area (Å²) in [4.78, 5) is 27.9. The van der Waals surface area contributed by atoms with Gasteiger partial charge in [0.15, 0.2) is 0 Å². The van der Waals surface area contributed by atoms with Crippen molar-refractivity contribution in [2.24, 2.45) is 0 Å². The zero-order valence-electron chi connectivity index (χ0n) is 16.8. The molecular formula is C23H29N3O3. The monoisotopic (exact) mass is 395 g/mol. The van der Waals surface area contributed by atoms with Gasteiger partial charge in [-0.3, -0.25) is 14.5 Å². The van der Waals surface area contributed by atoms with Gasteiger partial charge in [-0.05, 0) is 69.1 Å². The normalized spacial score (nSPS) is 16.2. The van der Waals surface area contributed by atoms with Gasteiger partial charge < -0.3 is 15.7 Å². The standard InChI is InChI=1S/C23H29N3O3/c1-17(26-15-5-6-16-26)21(25-22(28)19-7-3-2-4-8-19)23(29)24-14-13-18-9-11-20(27)12-10-18/h2-4,7-12,17,21,27H,5-6,13-16H2,1H3,(H,24,29)(H,25,28). The summed E-state index contributed by atoms with van der Waals surface area (Å²) in [6, 6.07) is 15.2. The fraction of sp³-hybridized carbons (Fsp3) is 0.391. The fourth-order valence-electron chi connectivity index (χ4n) is 3.68. The van der Waals surface area contributed by atoms with Crippen LogP contribution in [0.4, 0.5) is 0 Å². The van der Waals surface area contributed by atoms with Crippen molar-refractivity contribution in [1.29, 1.82) is 0 Å². The Kier molecular flexibility index (Phi) is 7.25. The Morgan fingerprint density at radius 1 is 1.03 bits per heavy atom. The molecule has 1 saturated heterocycles. The van der Waals surface area contributed by atoms with E-state index in [9.17, 15) is 14.7 Å². The molecule has 1 heterocycles. The summed E-state index contributed by atoms with van der Waals surface area (Å²) in [5.41, 5.74) is 1.57. The summed E-state index contributed by atoms with van der Waals surface area (Å²) in [6.07, 6.45) is 2.89. The molecule has 0 aliphatic carbocycles. The largest absolute Gasteiger partial charge is 0.508 e. The molecule has 3 rings (SSSR count). The molecule has 2 atom stereocenters. The van der Waals surface area contributed by atoms with E-state index in [0.29, 0.717) is 18.5 Å². The van der Waals surface area contributed by atoms with E-state index in [1.807, 2.05) is 37.3 Å². The van der Waals surface area contributed by atoms with Gasteiger partial charge in [0.2, 0.25) is 5.91 Å². The quantitative estimate of drug-likeness (QED) is 0.641. The lowest BCUT2D eigenvalue weighted by Gasteiger charge is -2.31. The average molecular weight is 396 g/mol. The molecule has 0 spiro atoms. The van der Waals surface area contributed by atoms with Crippen molar-refractivity contribution in [3.05, 3.63) is 65.7 Å². The van der Waals surface area contributed by atoms with Crippen LogP contribution in [0.3, 0.4) is 0 Å². The molecule has 1 fully saturated rings. The van der Waals surface area contributed by atoms with Crippen LogP contribution in [-0.4, -0.2) is 53.5 Å². The van der Waals surface area contributed by atoms with Crippen molar-refractivity contribution < 1.29 is 14.7 Å². The highest BCUT2D eigenvalue weighted by Gasteiger charge is 2.32. The second kappa shape index (κ2) is 10.1. The number of carbonyl (C=O) groups is 2. The lowest BCUT2D eigenvalue weighted by molar-refractivity contribution is -0.124. The molecule has 29 heavy (non-hydrogen) atoms. The van der Waals surface area contributed by atoms with Gasteiger partial charge in [0.25, 0.3) is 5.91 Å². The average Bonchev–Trinajstić information content (AvgIpc) is 3.28. The molecule has 1 aliphatic heterocycles. The number of benzene rings is 2. The molecule has 2 aromatic rings. The highest BCUT2D eigenvalue weighted by molar-refractivity contribution is 5.97. The molecule has 6 nitrogen and oxygen atoms in total. The summed E-state index contributed by atoms with van der Waals surface area (Å²) in [5.74, 6) is -0.191. The lowest BCUT2D eigenvalue weighted by atomic mass is 10.1. The van der Waals surface area contributed by atoms with E-state index < -0.39 is 6.04 Å². The van der Waals surface area contributed by atoms with Crippen LogP contribution in [0.25, 0.3) is 0 Å². The zero-order chi connectivity index (χ0) is 20.6. The molecule has 2 amide bonds. The first-order chi connectivity index (χ1) is 14.0. The predicted molar refractivity (Wildman–Crippen MR) is 113 cm³/mol. The summed E-state index contributed by atoms with van der Waals surface area (Å²) in [6.45, 7) is 4.36. The Bertz CT molecular complexity index is 802. The van der Waals surface area contributed by atoms with E-state index in [1.54, 1.807) is 24.3 Å². The van der Waals surface area contributed by atoms with Crippen molar-refractivity contribution >= 4 is 11.8 Å². The Hall–Kier alpha value is -2.86. The van der Waals surface area contributed by atoms with Crippen LogP contribution in [0.1, 0.15) is 35.7 Å². The Morgan fingerprint density at radius 2 is 1.69 bits per heavy atom. The highest BCUT2D eigenvalue weighted by Crippen LogP contribution is 2.15. The smallest absolute Gasteiger partial charge is 0.251 e. The molecule has 6 heteroatoms. The van der Waals surface area contributed by atoms with Gasteiger partial charge >= 0.3 is 0 Å². The van der Waals surface area contributed by atoms with Crippen LogP contribution in [0.15, 0.2) is 54.6 Å². The van der Waals surface area contributed by atoms with Crippen LogP contribution in [0.5, 0.6) is 5.75 Å². The predicted octanol–water partition coefficient (Wildman–Crippen LogP) is 2.33. The van der Waals surface area contributed by atoms with Gasteiger partial charge in [-0.25, -0.2) is 0 Å². The molecule has 2 aromatic carbocycles. The van der Waals surface area contributed by atoms with Gasteiger partial charge in [0.1, 0.15) is 11.8 Å². The highest BCUT2D eigenvalue weighted by atomic mass is 16.3. The Labute approximate surface area is 171 Å². The third-order valence-electron chi connectivity index (χ3n) is 5.45. The SMILES string of the molecule is CC(C(NC(=O)c1ccccc1)C(=O)NCCc1ccc(O)cc1)N1CCCC1. The number of nitrogens with one attached hydrogen (secondary N) is 2. The number of aromatic hydroxyl groups is 1. The maximum atomic E-state index is 13.0. The molecule has 2 unspecified atom stereocenters. The first-order valence-corrected chi connectivity index (χ1v) is 10.2. The number of likely N-dealkylation sites (tertiary alicyclic amines) is 1.